The molecule has 2 atom stereocenters. The van der Waals surface area contributed by atoms with E-state index in [9.17, 15) is 19.2 Å². The van der Waals surface area contributed by atoms with Crippen LogP contribution in [0.25, 0.3) is 0 Å². The lowest BCUT2D eigenvalue weighted by atomic mass is 9.97. The van der Waals surface area contributed by atoms with Crippen LogP contribution in [0.2, 0.25) is 0 Å². The Morgan fingerprint density at radius 3 is 2.22 bits per heavy atom. The van der Waals surface area contributed by atoms with Crippen molar-refractivity contribution in [3.8, 4) is 0 Å². The Bertz CT molecular complexity index is 974. The van der Waals surface area contributed by atoms with E-state index in [1.807, 2.05) is 38.3 Å². The molecule has 2 N–H and O–H groups in total. The molecule has 0 radical (unpaired) electrons. The molecule has 0 saturated carbocycles. The van der Waals surface area contributed by atoms with E-state index >= 15 is 0 Å². The van der Waals surface area contributed by atoms with E-state index in [0.29, 0.717) is 30.7 Å². The number of ether oxygens (including phenoxy) is 2. The molecule has 1 aromatic carbocycles. The molecule has 0 aliphatic heterocycles. The maximum absolute atomic E-state index is 14.3. The van der Waals surface area contributed by atoms with Gasteiger partial charge in [0.2, 0.25) is 11.8 Å². The van der Waals surface area contributed by atoms with Crippen LogP contribution in [0, 0.1) is 13.8 Å². The first kappa shape index (κ1) is 36.3. The first-order chi connectivity index (χ1) is 19.3. The molecule has 232 valence electrons. The summed E-state index contributed by atoms with van der Waals surface area (Å²) in [5.74, 6) is -0.493. The summed E-state index contributed by atoms with van der Waals surface area (Å²) in [6, 6.07) is 4.02. The number of unbranched alkanes of at least 4 members (excludes halogenated alkanes) is 3. The van der Waals surface area contributed by atoms with Crippen molar-refractivity contribution in [1.29, 1.82) is 0 Å². The van der Waals surface area contributed by atoms with E-state index in [1.165, 1.54) is 0 Å². The van der Waals surface area contributed by atoms with Gasteiger partial charge < -0.3 is 25.0 Å². The fraction of sp³-hybridized carbons (Fsp3) is 0.677. The van der Waals surface area contributed by atoms with Crippen LogP contribution in [0.3, 0.4) is 0 Å². The fourth-order valence-electron chi connectivity index (χ4n) is 4.48. The molecule has 0 aliphatic carbocycles. The Labute approximate surface area is 250 Å². The number of esters is 1. The zero-order chi connectivity index (χ0) is 31.0. The number of hydrogen-bond acceptors (Lipinski definition) is 7. The molecule has 10 heteroatoms. The van der Waals surface area contributed by atoms with Gasteiger partial charge in [-0.3, -0.25) is 14.4 Å². The lowest BCUT2D eigenvalue weighted by Gasteiger charge is -2.35. The van der Waals surface area contributed by atoms with Crippen molar-refractivity contribution >= 4 is 35.6 Å². The SMILES string of the molecule is CCCCCCN(C(=O)C(CCSC)NC(=O)OC(C)(C)C)C(C(=O)NCCC(=O)OCC)c1cc(C)cc(C)c1. The fourth-order valence-corrected chi connectivity index (χ4v) is 4.95. The first-order valence-corrected chi connectivity index (χ1v) is 16.0. The largest absolute Gasteiger partial charge is 0.466 e. The number of alkyl carbamates (subject to hydrolysis) is 1. The predicted molar refractivity (Wildman–Crippen MR) is 165 cm³/mol. The van der Waals surface area contributed by atoms with Gasteiger partial charge in [-0.05, 0) is 72.0 Å². The van der Waals surface area contributed by atoms with Gasteiger partial charge in [0.15, 0.2) is 0 Å². The Morgan fingerprint density at radius 2 is 1.66 bits per heavy atom. The third kappa shape index (κ3) is 14.1. The molecule has 0 heterocycles. The summed E-state index contributed by atoms with van der Waals surface area (Å²) in [6.45, 7) is 13.7. The van der Waals surface area contributed by atoms with Crippen molar-refractivity contribution in [1.82, 2.24) is 15.5 Å². The van der Waals surface area contributed by atoms with Crippen molar-refractivity contribution in [2.75, 3.05) is 31.7 Å². The number of rotatable bonds is 17. The van der Waals surface area contributed by atoms with Gasteiger partial charge in [-0.2, -0.15) is 11.8 Å². The summed E-state index contributed by atoms with van der Waals surface area (Å²) < 4.78 is 10.5. The van der Waals surface area contributed by atoms with E-state index in [2.05, 4.69) is 17.6 Å². The van der Waals surface area contributed by atoms with Gasteiger partial charge in [0.1, 0.15) is 17.7 Å². The van der Waals surface area contributed by atoms with Crippen molar-refractivity contribution in [2.24, 2.45) is 0 Å². The summed E-state index contributed by atoms with van der Waals surface area (Å²) in [5.41, 5.74) is 1.89. The summed E-state index contributed by atoms with van der Waals surface area (Å²) >= 11 is 1.57. The van der Waals surface area contributed by atoms with E-state index in [0.717, 1.165) is 30.4 Å². The first-order valence-electron chi connectivity index (χ1n) is 14.6. The van der Waals surface area contributed by atoms with Crippen LogP contribution in [0.1, 0.15) is 95.9 Å². The molecule has 2 unspecified atom stereocenters. The second-order valence-electron chi connectivity index (χ2n) is 11.2. The molecule has 0 aromatic heterocycles. The van der Waals surface area contributed by atoms with Crippen molar-refractivity contribution in [2.45, 2.75) is 105 Å². The lowest BCUT2D eigenvalue weighted by Crippen LogP contribution is -2.53. The number of carbonyl (C=O) groups is 4. The molecule has 1 rings (SSSR count). The average molecular weight is 594 g/mol. The van der Waals surface area contributed by atoms with Crippen LogP contribution in [0.4, 0.5) is 4.79 Å². The molecule has 0 aliphatic rings. The summed E-state index contributed by atoms with van der Waals surface area (Å²) in [5, 5.41) is 5.62. The lowest BCUT2D eigenvalue weighted by molar-refractivity contribution is -0.144. The standard InChI is InChI=1S/C31H51N3O6S/c1-9-11-12-13-17-34(29(37)25(15-18-41-8)33-30(38)40-31(5,6)7)27(24-20-22(3)19-23(4)21-24)28(36)32-16-14-26(35)39-10-2/h19-21,25,27H,9-18H2,1-8H3,(H,32,36)(H,33,38). The highest BCUT2D eigenvalue weighted by Gasteiger charge is 2.36. The maximum Gasteiger partial charge on any atom is 0.408 e. The van der Waals surface area contributed by atoms with Gasteiger partial charge in [-0.1, -0.05) is 55.5 Å². The van der Waals surface area contributed by atoms with Crippen LogP contribution in [-0.4, -0.2) is 72.1 Å². The van der Waals surface area contributed by atoms with Gasteiger partial charge in [-0.15, -0.1) is 0 Å². The van der Waals surface area contributed by atoms with Gasteiger partial charge in [0.05, 0.1) is 13.0 Å². The average Bonchev–Trinajstić information content (AvgIpc) is 2.86. The Balaban J connectivity index is 3.48. The van der Waals surface area contributed by atoms with E-state index in [1.54, 1.807) is 44.4 Å². The Morgan fingerprint density at radius 1 is 1.00 bits per heavy atom. The van der Waals surface area contributed by atoms with Crippen molar-refractivity contribution in [3.05, 3.63) is 34.9 Å². The van der Waals surface area contributed by atoms with Gasteiger partial charge in [0, 0.05) is 13.1 Å². The van der Waals surface area contributed by atoms with Crippen LogP contribution < -0.4 is 10.6 Å². The zero-order valence-electron chi connectivity index (χ0n) is 26.3. The normalized spacial score (nSPS) is 12.7. The summed E-state index contributed by atoms with van der Waals surface area (Å²) in [6.07, 6.45) is 5.32. The molecular formula is C31H51N3O6S. The van der Waals surface area contributed by atoms with Crippen molar-refractivity contribution < 1.29 is 28.7 Å². The highest BCUT2D eigenvalue weighted by atomic mass is 32.2. The number of thioether (sulfide) groups is 1. The molecule has 1 aromatic rings. The summed E-state index contributed by atoms with van der Waals surface area (Å²) in [7, 11) is 0. The smallest absolute Gasteiger partial charge is 0.408 e. The topological polar surface area (TPSA) is 114 Å². The molecule has 0 spiro atoms. The number of carbonyl (C=O) groups excluding carboxylic acids is 4. The maximum atomic E-state index is 14.3. The highest BCUT2D eigenvalue weighted by molar-refractivity contribution is 7.98. The number of nitrogens with zero attached hydrogens (tertiary/aromatic N) is 1. The minimum Gasteiger partial charge on any atom is -0.466 e. The van der Waals surface area contributed by atoms with Crippen LogP contribution >= 0.6 is 11.8 Å². The predicted octanol–water partition coefficient (Wildman–Crippen LogP) is 5.47. The minimum absolute atomic E-state index is 0.0279. The molecule has 0 fully saturated rings. The molecule has 9 nitrogen and oxygen atoms in total. The van der Waals surface area contributed by atoms with Gasteiger partial charge in [0.25, 0.3) is 0 Å². The monoisotopic (exact) mass is 593 g/mol. The molecule has 41 heavy (non-hydrogen) atoms. The van der Waals surface area contributed by atoms with Gasteiger partial charge in [-0.25, -0.2) is 4.79 Å². The zero-order valence-corrected chi connectivity index (χ0v) is 27.1. The number of hydrogen-bond donors (Lipinski definition) is 2. The van der Waals surface area contributed by atoms with Crippen molar-refractivity contribution in [3.63, 3.8) is 0 Å². The second-order valence-corrected chi connectivity index (χ2v) is 12.2. The van der Waals surface area contributed by atoms with E-state index in [-0.39, 0.29) is 31.4 Å². The summed E-state index contributed by atoms with van der Waals surface area (Å²) in [4.78, 5) is 54.3. The molecule has 0 bridgehead atoms. The Kier molecular flexibility index (Phi) is 16.5. The molecular weight excluding hydrogens is 542 g/mol. The van der Waals surface area contributed by atoms with E-state index < -0.39 is 29.7 Å². The second kappa shape index (κ2) is 18.6. The number of aryl methyl sites for hydroxylation is 2. The van der Waals surface area contributed by atoms with Crippen LogP contribution in [0.5, 0.6) is 0 Å². The number of amides is 3. The third-order valence-corrected chi connectivity index (χ3v) is 6.83. The molecule has 3 amide bonds. The third-order valence-electron chi connectivity index (χ3n) is 6.19. The van der Waals surface area contributed by atoms with Gasteiger partial charge >= 0.3 is 12.1 Å². The minimum atomic E-state index is -0.942. The number of benzene rings is 1. The van der Waals surface area contributed by atoms with Crippen LogP contribution in [0.15, 0.2) is 18.2 Å². The van der Waals surface area contributed by atoms with Crippen LogP contribution in [-0.2, 0) is 23.9 Å². The highest BCUT2D eigenvalue weighted by Crippen LogP contribution is 2.26. The quantitative estimate of drug-likeness (QED) is 0.182. The van der Waals surface area contributed by atoms with E-state index in [4.69, 9.17) is 9.47 Å². The Hall–Kier alpha value is -2.75. The number of nitrogens with one attached hydrogen (secondary N) is 2. The molecule has 0 saturated heterocycles.